The molecule has 3 rings (SSSR count). The van der Waals surface area contributed by atoms with Gasteiger partial charge in [-0.2, -0.15) is 0 Å². The van der Waals surface area contributed by atoms with Crippen LogP contribution in [0.25, 0.3) is 0 Å². The summed E-state index contributed by atoms with van der Waals surface area (Å²) in [5, 5.41) is 3.58. The molecule has 0 saturated heterocycles. The number of benzene rings is 2. The van der Waals surface area contributed by atoms with Gasteiger partial charge in [0.15, 0.2) is 0 Å². The molecule has 0 amide bonds. The Morgan fingerprint density at radius 1 is 1.00 bits per heavy atom. The van der Waals surface area contributed by atoms with Crippen LogP contribution in [-0.2, 0) is 6.42 Å². The molecule has 0 spiro atoms. The Kier molecular flexibility index (Phi) is 4.00. The van der Waals surface area contributed by atoms with Gasteiger partial charge in [-0.15, -0.1) is 0 Å². The molecule has 0 bridgehead atoms. The van der Waals surface area contributed by atoms with Crippen molar-refractivity contribution in [3.8, 4) is 11.5 Å². The molecule has 1 unspecified atom stereocenters. The van der Waals surface area contributed by atoms with Crippen molar-refractivity contribution in [2.45, 2.75) is 26.3 Å². The number of anilines is 1. The topological polar surface area (TPSA) is 30.5 Å². The summed E-state index contributed by atoms with van der Waals surface area (Å²) in [4.78, 5) is 0. The van der Waals surface area contributed by atoms with E-state index in [1.54, 1.807) is 0 Å². The smallest absolute Gasteiger partial charge is 0.119 e. The lowest BCUT2D eigenvalue weighted by Gasteiger charge is -2.13. The maximum Gasteiger partial charge on any atom is 0.119 e. The third-order valence-corrected chi connectivity index (χ3v) is 3.71. The van der Waals surface area contributed by atoms with Crippen LogP contribution in [0.4, 0.5) is 5.69 Å². The fraction of sp³-hybridized carbons (Fsp3) is 0.333. The van der Waals surface area contributed by atoms with Gasteiger partial charge in [-0.1, -0.05) is 12.1 Å². The fourth-order valence-electron chi connectivity index (χ4n) is 2.78. The normalized spacial score (nSPS) is 16.2. The molecule has 1 atom stereocenters. The van der Waals surface area contributed by atoms with Crippen molar-refractivity contribution in [1.29, 1.82) is 0 Å². The standard InChI is InChI=1S/C18H21NO2/c1-3-20-15-7-5-6-13(10-15)18-12-14-11-16(21-4-2)8-9-17(14)19-18/h5-11,18-19H,3-4,12H2,1-2H3. The summed E-state index contributed by atoms with van der Waals surface area (Å²) >= 11 is 0. The van der Waals surface area contributed by atoms with E-state index in [1.165, 1.54) is 16.8 Å². The Morgan fingerprint density at radius 3 is 2.52 bits per heavy atom. The summed E-state index contributed by atoms with van der Waals surface area (Å²) < 4.78 is 11.2. The van der Waals surface area contributed by atoms with Crippen LogP contribution in [0.5, 0.6) is 11.5 Å². The number of ether oxygens (including phenoxy) is 2. The first kappa shape index (κ1) is 13.8. The Hall–Kier alpha value is -2.16. The van der Waals surface area contributed by atoms with Gasteiger partial charge in [-0.05, 0) is 61.7 Å². The maximum absolute atomic E-state index is 5.59. The molecule has 0 aromatic heterocycles. The maximum atomic E-state index is 5.59. The molecule has 110 valence electrons. The van der Waals surface area contributed by atoms with Crippen molar-refractivity contribution in [3.05, 3.63) is 53.6 Å². The van der Waals surface area contributed by atoms with Crippen molar-refractivity contribution in [3.63, 3.8) is 0 Å². The minimum Gasteiger partial charge on any atom is -0.494 e. The Labute approximate surface area is 125 Å². The van der Waals surface area contributed by atoms with E-state index >= 15 is 0 Å². The Morgan fingerprint density at radius 2 is 1.76 bits per heavy atom. The van der Waals surface area contributed by atoms with Crippen LogP contribution in [0.2, 0.25) is 0 Å². The molecule has 1 aliphatic heterocycles. The van der Waals surface area contributed by atoms with Gasteiger partial charge >= 0.3 is 0 Å². The van der Waals surface area contributed by atoms with Gasteiger partial charge in [0.2, 0.25) is 0 Å². The van der Waals surface area contributed by atoms with E-state index in [4.69, 9.17) is 9.47 Å². The summed E-state index contributed by atoms with van der Waals surface area (Å²) in [6, 6.07) is 14.9. The quantitative estimate of drug-likeness (QED) is 0.892. The van der Waals surface area contributed by atoms with E-state index in [-0.39, 0.29) is 0 Å². The monoisotopic (exact) mass is 283 g/mol. The number of fused-ring (bicyclic) bond motifs is 1. The summed E-state index contributed by atoms with van der Waals surface area (Å²) in [6.45, 7) is 5.41. The largest absolute Gasteiger partial charge is 0.494 e. The van der Waals surface area contributed by atoms with Crippen LogP contribution in [-0.4, -0.2) is 13.2 Å². The fourth-order valence-corrected chi connectivity index (χ4v) is 2.78. The molecule has 3 heteroatoms. The second-order valence-electron chi connectivity index (χ2n) is 5.16. The summed E-state index contributed by atoms with van der Waals surface area (Å²) in [7, 11) is 0. The zero-order valence-electron chi connectivity index (χ0n) is 12.6. The zero-order chi connectivity index (χ0) is 14.7. The van der Waals surface area contributed by atoms with Gasteiger partial charge in [-0.3, -0.25) is 0 Å². The molecule has 0 radical (unpaired) electrons. The second kappa shape index (κ2) is 6.08. The molecule has 3 nitrogen and oxygen atoms in total. The van der Waals surface area contributed by atoms with Crippen LogP contribution < -0.4 is 14.8 Å². The SMILES string of the molecule is CCOc1cccc(C2Cc3cc(OCC)ccc3N2)c1. The van der Waals surface area contributed by atoms with Gasteiger partial charge in [0.05, 0.1) is 19.3 Å². The molecular formula is C18H21NO2. The van der Waals surface area contributed by atoms with Crippen LogP contribution in [0.15, 0.2) is 42.5 Å². The molecule has 1 N–H and O–H groups in total. The lowest BCUT2D eigenvalue weighted by molar-refractivity contribution is 0.339. The summed E-state index contributed by atoms with van der Waals surface area (Å²) in [6.07, 6.45) is 0.978. The first-order valence-corrected chi connectivity index (χ1v) is 7.55. The van der Waals surface area contributed by atoms with Gasteiger partial charge < -0.3 is 14.8 Å². The van der Waals surface area contributed by atoms with Crippen molar-refractivity contribution in [2.24, 2.45) is 0 Å². The molecule has 1 heterocycles. The molecule has 1 aliphatic rings. The number of rotatable bonds is 5. The van der Waals surface area contributed by atoms with E-state index in [0.717, 1.165) is 17.9 Å². The highest BCUT2D eigenvalue weighted by molar-refractivity contribution is 5.60. The van der Waals surface area contributed by atoms with Crippen LogP contribution in [0.1, 0.15) is 31.0 Å². The first-order valence-electron chi connectivity index (χ1n) is 7.55. The first-order chi connectivity index (χ1) is 10.3. The molecule has 0 aliphatic carbocycles. The van der Waals surface area contributed by atoms with E-state index in [0.29, 0.717) is 19.3 Å². The van der Waals surface area contributed by atoms with Gasteiger partial charge in [-0.25, -0.2) is 0 Å². The van der Waals surface area contributed by atoms with Crippen molar-refractivity contribution < 1.29 is 9.47 Å². The van der Waals surface area contributed by atoms with Crippen LogP contribution in [0, 0.1) is 0 Å². The lowest BCUT2D eigenvalue weighted by Crippen LogP contribution is -2.05. The van der Waals surface area contributed by atoms with E-state index in [9.17, 15) is 0 Å². The summed E-state index contributed by atoms with van der Waals surface area (Å²) in [5.41, 5.74) is 3.77. The second-order valence-corrected chi connectivity index (χ2v) is 5.16. The van der Waals surface area contributed by atoms with Gasteiger partial charge in [0, 0.05) is 5.69 Å². The highest BCUT2D eigenvalue weighted by Gasteiger charge is 2.22. The van der Waals surface area contributed by atoms with Crippen LogP contribution in [0.3, 0.4) is 0 Å². The number of nitrogens with one attached hydrogen (secondary N) is 1. The van der Waals surface area contributed by atoms with E-state index < -0.39 is 0 Å². The highest BCUT2D eigenvalue weighted by Crippen LogP contribution is 2.36. The van der Waals surface area contributed by atoms with Gasteiger partial charge in [0.1, 0.15) is 11.5 Å². The van der Waals surface area contributed by atoms with E-state index in [1.807, 2.05) is 26.0 Å². The molecule has 2 aromatic carbocycles. The minimum atomic E-state index is 0.303. The Bertz CT molecular complexity index is 624. The van der Waals surface area contributed by atoms with Crippen molar-refractivity contribution in [1.82, 2.24) is 0 Å². The highest BCUT2D eigenvalue weighted by atomic mass is 16.5. The zero-order valence-corrected chi connectivity index (χ0v) is 12.6. The third kappa shape index (κ3) is 2.97. The van der Waals surface area contributed by atoms with Crippen molar-refractivity contribution in [2.75, 3.05) is 18.5 Å². The Balaban J connectivity index is 1.79. The molecular weight excluding hydrogens is 262 g/mol. The molecule has 0 saturated carbocycles. The molecule has 21 heavy (non-hydrogen) atoms. The third-order valence-electron chi connectivity index (χ3n) is 3.71. The predicted octanol–water partition coefficient (Wildman–Crippen LogP) is 4.19. The average Bonchev–Trinajstić information content (AvgIpc) is 2.91. The van der Waals surface area contributed by atoms with Gasteiger partial charge in [0.25, 0.3) is 0 Å². The molecule has 0 fully saturated rings. The molecule has 2 aromatic rings. The van der Waals surface area contributed by atoms with E-state index in [2.05, 4.69) is 35.6 Å². The number of hydrogen-bond donors (Lipinski definition) is 1. The minimum absolute atomic E-state index is 0.303. The predicted molar refractivity (Wildman–Crippen MR) is 85.3 cm³/mol. The average molecular weight is 283 g/mol. The lowest BCUT2D eigenvalue weighted by atomic mass is 10.0. The summed E-state index contributed by atoms with van der Waals surface area (Å²) in [5.74, 6) is 1.88. The number of hydrogen-bond acceptors (Lipinski definition) is 3. The van der Waals surface area contributed by atoms with Crippen molar-refractivity contribution >= 4 is 5.69 Å². The van der Waals surface area contributed by atoms with Crippen LogP contribution >= 0.6 is 0 Å².